The zero-order chi connectivity index (χ0) is 12.6. The van der Waals surface area contributed by atoms with Crippen molar-refractivity contribution in [2.45, 2.75) is 0 Å². The van der Waals surface area contributed by atoms with Crippen molar-refractivity contribution < 1.29 is 14.7 Å². The first-order chi connectivity index (χ1) is 7.29. The fraction of sp³-hybridized carbons (Fsp3) is 0. The number of anilines is 1. The Hall–Kier alpha value is 1.15. The van der Waals surface area contributed by atoms with Crippen molar-refractivity contribution in [2.24, 2.45) is 5.73 Å². The summed E-state index contributed by atoms with van der Waals surface area (Å²) in [6.45, 7) is 0. The van der Waals surface area contributed by atoms with Crippen LogP contribution >= 0.6 is 67.8 Å². The van der Waals surface area contributed by atoms with Gasteiger partial charge in [-0.1, -0.05) is 0 Å². The quantitative estimate of drug-likeness (QED) is 0.278. The Morgan fingerprint density at radius 3 is 1.76 bits per heavy atom. The number of hydrogen-bond donors (Lipinski definition) is 3. The van der Waals surface area contributed by atoms with Gasteiger partial charge in [-0.2, -0.15) is 0 Å². The van der Waals surface area contributed by atoms with Gasteiger partial charge in [-0.15, -0.1) is 0 Å². The summed E-state index contributed by atoms with van der Waals surface area (Å²) < 4.78 is 1.23. The Balaban J connectivity index is 0.00000256. The monoisotopic (exact) mass is 582 g/mol. The molecule has 0 aromatic heterocycles. The number of nitrogen functional groups attached to an aromatic ring is 1. The summed E-state index contributed by atoms with van der Waals surface area (Å²) in [5.41, 5.74) is 11.4. The molecule has 0 aliphatic rings. The van der Waals surface area contributed by atoms with Gasteiger partial charge in [-0.25, -0.2) is 4.79 Å². The van der Waals surface area contributed by atoms with E-state index in [0.717, 1.165) is 0 Å². The zero-order valence-corrected chi connectivity index (χ0v) is 14.0. The molecular formula is C8H6I3N2NaO3. The molecular weight excluding hydrogens is 576 g/mol. The van der Waals surface area contributed by atoms with Crippen LogP contribution < -0.4 is 11.5 Å². The van der Waals surface area contributed by atoms with Gasteiger partial charge in [-0.3, -0.25) is 4.79 Å². The number of carbonyl (C=O) groups is 2. The number of rotatable bonds is 2. The van der Waals surface area contributed by atoms with Crippen LogP contribution in [0.15, 0.2) is 0 Å². The van der Waals surface area contributed by atoms with E-state index in [2.05, 4.69) is 0 Å². The third kappa shape index (κ3) is 3.58. The molecule has 1 aromatic rings. The summed E-state index contributed by atoms with van der Waals surface area (Å²) in [6, 6.07) is 0. The van der Waals surface area contributed by atoms with E-state index in [1.165, 1.54) is 0 Å². The topological polar surface area (TPSA) is 106 Å². The molecule has 0 spiro atoms. The minimum atomic E-state index is -1.13. The molecule has 88 valence electrons. The third-order valence-electron chi connectivity index (χ3n) is 1.81. The molecule has 0 unspecified atom stereocenters. The van der Waals surface area contributed by atoms with Crippen LogP contribution in [0.25, 0.3) is 0 Å². The second-order valence-corrected chi connectivity index (χ2v) is 6.01. The number of carbonyl (C=O) groups excluding carboxylic acids is 1. The standard InChI is InChI=1S/C8H5I3N2O3.Na.H/c9-3-1(7(13)14)4(10)6(12)5(11)2(3)8(15)16;;/h12H2,(H2,13,14)(H,15,16);;. The summed E-state index contributed by atoms with van der Waals surface area (Å²) in [7, 11) is 0. The Labute approximate surface area is 160 Å². The van der Waals surface area contributed by atoms with Crippen LogP contribution in [-0.4, -0.2) is 46.5 Å². The summed E-state index contributed by atoms with van der Waals surface area (Å²) in [5.74, 6) is -1.81. The molecule has 0 fully saturated rings. The molecule has 5 nitrogen and oxygen atoms in total. The molecule has 0 saturated carbocycles. The first-order valence-corrected chi connectivity index (χ1v) is 7.01. The SMILES string of the molecule is NC(=O)c1c(I)c(N)c(I)c(C(=O)O)c1I.[NaH]. The van der Waals surface area contributed by atoms with Crippen molar-refractivity contribution in [1.29, 1.82) is 0 Å². The molecule has 9 heteroatoms. The van der Waals surface area contributed by atoms with Crippen LogP contribution in [-0.2, 0) is 0 Å². The maximum absolute atomic E-state index is 11.2. The molecule has 5 N–H and O–H groups in total. The van der Waals surface area contributed by atoms with E-state index in [1.807, 2.05) is 45.2 Å². The van der Waals surface area contributed by atoms with Crippen LogP contribution in [0, 0.1) is 10.7 Å². The molecule has 0 heterocycles. The molecule has 0 aliphatic heterocycles. The van der Waals surface area contributed by atoms with E-state index in [4.69, 9.17) is 16.6 Å². The van der Waals surface area contributed by atoms with Gasteiger partial charge in [0.15, 0.2) is 0 Å². The Morgan fingerprint density at radius 2 is 1.41 bits per heavy atom. The van der Waals surface area contributed by atoms with Gasteiger partial charge in [0.25, 0.3) is 5.91 Å². The number of halogens is 3. The van der Waals surface area contributed by atoms with Crippen molar-refractivity contribution in [3.05, 3.63) is 21.8 Å². The average molecular weight is 582 g/mol. The maximum atomic E-state index is 11.2. The Morgan fingerprint density at radius 1 is 1.00 bits per heavy atom. The van der Waals surface area contributed by atoms with Crippen LogP contribution in [0.1, 0.15) is 20.7 Å². The molecule has 17 heavy (non-hydrogen) atoms. The van der Waals surface area contributed by atoms with Gasteiger partial charge in [-0.05, 0) is 67.8 Å². The van der Waals surface area contributed by atoms with E-state index in [1.54, 1.807) is 22.6 Å². The van der Waals surface area contributed by atoms with Crippen LogP contribution in [0.2, 0.25) is 0 Å². The van der Waals surface area contributed by atoms with Crippen molar-refractivity contribution in [2.75, 3.05) is 5.73 Å². The molecule has 1 amide bonds. The van der Waals surface area contributed by atoms with E-state index in [0.29, 0.717) is 10.7 Å². The fourth-order valence-electron chi connectivity index (χ4n) is 1.09. The van der Waals surface area contributed by atoms with Crippen molar-refractivity contribution >= 4 is 115 Å². The van der Waals surface area contributed by atoms with Gasteiger partial charge < -0.3 is 16.6 Å². The first-order valence-electron chi connectivity index (χ1n) is 3.78. The predicted molar refractivity (Wildman–Crippen MR) is 91.6 cm³/mol. The normalized spacial score (nSPS) is 9.59. The third-order valence-corrected chi connectivity index (χ3v) is 5.13. The van der Waals surface area contributed by atoms with Gasteiger partial charge >= 0.3 is 35.5 Å². The fourth-order valence-corrected chi connectivity index (χ4v) is 5.25. The molecule has 1 rings (SSSR count). The van der Waals surface area contributed by atoms with E-state index in [9.17, 15) is 9.59 Å². The Kier molecular flexibility index (Phi) is 7.55. The number of nitrogens with two attached hydrogens (primary N) is 2. The summed E-state index contributed by atoms with van der Waals surface area (Å²) in [5, 5.41) is 9.05. The first kappa shape index (κ1) is 18.1. The number of hydrogen-bond acceptors (Lipinski definition) is 3. The predicted octanol–water partition coefficient (Wildman–Crippen LogP) is 1.23. The van der Waals surface area contributed by atoms with E-state index < -0.39 is 11.9 Å². The van der Waals surface area contributed by atoms with E-state index in [-0.39, 0.29) is 46.4 Å². The summed E-state index contributed by atoms with van der Waals surface area (Å²) >= 11 is 5.52. The van der Waals surface area contributed by atoms with E-state index >= 15 is 0 Å². The Bertz CT molecular complexity index is 466. The average Bonchev–Trinajstić information content (AvgIpc) is 2.13. The number of aromatic carboxylic acids is 1. The molecule has 1 aromatic carbocycles. The van der Waals surface area contributed by atoms with Gasteiger partial charge in [0, 0.05) is 3.57 Å². The van der Waals surface area contributed by atoms with Crippen LogP contribution in [0.4, 0.5) is 5.69 Å². The number of carboxylic acid groups (broad SMARTS) is 1. The second-order valence-electron chi connectivity index (χ2n) is 2.78. The molecule has 0 atom stereocenters. The van der Waals surface area contributed by atoms with Crippen LogP contribution in [0.3, 0.4) is 0 Å². The van der Waals surface area contributed by atoms with Crippen molar-refractivity contribution in [1.82, 2.24) is 0 Å². The van der Waals surface area contributed by atoms with Gasteiger partial charge in [0.2, 0.25) is 0 Å². The van der Waals surface area contributed by atoms with Crippen molar-refractivity contribution in [3.8, 4) is 0 Å². The second kappa shape index (κ2) is 7.07. The minimum absolute atomic E-state index is 0. The molecule has 0 bridgehead atoms. The summed E-state index contributed by atoms with van der Waals surface area (Å²) in [6.07, 6.45) is 0. The zero-order valence-electron chi connectivity index (χ0n) is 7.55. The van der Waals surface area contributed by atoms with Crippen molar-refractivity contribution in [3.63, 3.8) is 0 Å². The molecule has 0 radical (unpaired) electrons. The summed E-state index contributed by atoms with van der Waals surface area (Å²) in [4.78, 5) is 22.3. The number of benzene rings is 1. The number of carboxylic acids is 1. The number of amides is 1. The van der Waals surface area contributed by atoms with Gasteiger partial charge in [0.05, 0.1) is 24.0 Å². The molecule has 0 aliphatic carbocycles. The van der Waals surface area contributed by atoms with Crippen LogP contribution in [0.5, 0.6) is 0 Å². The molecule has 0 saturated heterocycles. The number of primary amides is 1. The van der Waals surface area contributed by atoms with Gasteiger partial charge in [0.1, 0.15) is 0 Å².